The molecule has 0 saturated carbocycles. The number of rotatable bonds is 7. The van der Waals surface area contributed by atoms with Crippen LogP contribution >= 0.6 is 0 Å². The minimum Gasteiger partial charge on any atom is -0.309 e. The minimum absolute atomic E-state index is 0.389. The molecular weight excluding hydrogens is 879 g/mol. The average molecular weight is 917 g/mol. The third-order valence-corrected chi connectivity index (χ3v) is 13.8. The summed E-state index contributed by atoms with van der Waals surface area (Å²) in [6, 6.07) is 76.8. The van der Waals surface area contributed by atoms with Gasteiger partial charge in [0.2, 0.25) is 0 Å². The first-order valence-electron chi connectivity index (χ1n) is 23.6. The molecule has 0 aliphatic rings. The van der Waals surface area contributed by atoms with Crippen molar-refractivity contribution in [1.29, 1.82) is 0 Å². The number of nitrogens with zero attached hydrogens (tertiary/aromatic N) is 6. The van der Waals surface area contributed by atoms with Crippen LogP contribution in [0.4, 0.5) is 8.78 Å². The standard InChI is InChI=1S/C63H38F2N6/c64-43-33-42(34-44(65)36-43)41-27-32-58(53(35-41)63-67-61(39-15-3-1-4-16-39)66-62(68-63)40-17-5-2-6-18-40)71-59-37-45(69-54-23-11-7-19-47(54)48-20-8-12-24-55(48)69)28-30-51(59)52-31-29-46(38-60(52)71)70-56-25-13-9-21-49(56)50-22-10-14-26-57(50)70/h1-38H. The molecule has 6 nitrogen and oxygen atoms in total. The summed E-state index contributed by atoms with van der Waals surface area (Å²) in [5.41, 5.74) is 12.3. The van der Waals surface area contributed by atoms with E-state index in [2.05, 4.69) is 147 Å². The van der Waals surface area contributed by atoms with Gasteiger partial charge in [0.05, 0.1) is 38.8 Å². The van der Waals surface area contributed by atoms with E-state index in [1.54, 1.807) is 0 Å². The molecule has 334 valence electrons. The smallest absolute Gasteiger partial charge is 0.166 e. The Morgan fingerprint density at radius 2 is 0.662 bits per heavy atom. The van der Waals surface area contributed by atoms with Crippen molar-refractivity contribution in [3.63, 3.8) is 0 Å². The summed E-state index contributed by atoms with van der Waals surface area (Å²) >= 11 is 0. The fraction of sp³-hybridized carbons (Fsp3) is 0. The number of hydrogen-bond donors (Lipinski definition) is 0. The molecule has 71 heavy (non-hydrogen) atoms. The van der Waals surface area contributed by atoms with Crippen LogP contribution in [0.3, 0.4) is 0 Å². The van der Waals surface area contributed by atoms with Crippen molar-refractivity contribution >= 4 is 65.4 Å². The monoisotopic (exact) mass is 916 g/mol. The van der Waals surface area contributed by atoms with Gasteiger partial charge in [0.15, 0.2) is 17.5 Å². The summed E-state index contributed by atoms with van der Waals surface area (Å²) in [6.07, 6.45) is 0. The Kier molecular flexibility index (Phi) is 9.16. The lowest BCUT2D eigenvalue weighted by Gasteiger charge is -2.17. The zero-order valence-electron chi connectivity index (χ0n) is 37.9. The average Bonchev–Trinajstić information content (AvgIpc) is 4.06. The normalized spacial score (nSPS) is 11.8. The summed E-state index contributed by atoms with van der Waals surface area (Å²) in [7, 11) is 0. The molecular formula is C63H38F2N6. The van der Waals surface area contributed by atoms with Gasteiger partial charge in [-0.05, 0) is 83.9 Å². The molecule has 0 fully saturated rings. The molecule has 0 bridgehead atoms. The van der Waals surface area contributed by atoms with Gasteiger partial charge in [0.25, 0.3) is 0 Å². The van der Waals surface area contributed by atoms with E-state index in [0.29, 0.717) is 34.2 Å². The Hall–Kier alpha value is -9.53. The number of hydrogen-bond acceptors (Lipinski definition) is 3. The van der Waals surface area contributed by atoms with Crippen LogP contribution in [0.1, 0.15) is 0 Å². The van der Waals surface area contributed by atoms with Crippen LogP contribution in [0.15, 0.2) is 231 Å². The van der Waals surface area contributed by atoms with Crippen molar-refractivity contribution in [1.82, 2.24) is 28.7 Å². The summed E-state index contributed by atoms with van der Waals surface area (Å²) in [6.45, 7) is 0. The molecule has 14 aromatic rings. The molecule has 4 aromatic heterocycles. The topological polar surface area (TPSA) is 53.5 Å². The van der Waals surface area contributed by atoms with E-state index in [-0.39, 0.29) is 0 Å². The highest BCUT2D eigenvalue weighted by Gasteiger charge is 2.23. The first kappa shape index (κ1) is 40.5. The number of fused-ring (bicyclic) bond motifs is 9. The van der Waals surface area contributed by atoms with Crippen LogP contribution in [0, 0.1) is 11.6 Å². The molecule has 0 atom stereocenters. The lowest BCUT2D eigenvalue weighted by Crippen LogP contribution is -2.04. The number of para-hydroxylation sites is 4. The summed E-state index contributed by atoms with van der Waals surface area (Å²) in [5.74, 6) is 0.0555. The second-order valence-electron chi connectivity index (χ2n) is 17.9. The van der Waals surface area contributed by atoms with Crippen LogP contribution in [-0.2, 0) is 0 Å². The lowest BCUT2D eigenvalue weighted by atomic mass is 10.0. The van der Waals surface area contributed by atoms with E-state index >= 15 is 8.78 Å². The second kappa shape index (κ2) is 16.0. The van der Waals surface area contributed by atoms with Crippen molar-refractivity contribution in [3.8, 4) is 62.4 Å². The Labute approximate surface area is 405 Å². The van der Waals surface area contributed by atoms with Crippen LogP contribution in [0.25, 0.3) is 128 Å². The molecule has 8 heteroatoms. The maximum absolute atomic E-state index is 15.1. The van der Waals surface area contributed by atoms with Crippen LogP contribution in [0.5, 0.6) is 0 Å². The fourth-order valence-corrected chi connectivity index (χ4v) is 10.7. The first-order chi connectivity index (χ1) is 35.0. The Morgan fingerprint density at radius 1 is 0.268 bits per heavy atom. The van der Waals surface area contributed by atoms with Crippen molar-refractivity contribution in [2.75, 3.05) is 0 Å². The third-order valence-electron chi connectivity index (χ3n) is 13.8. The Morgan fingerprint density at radius 3 is 1.11 bits per heavy atom. The third kappa shape index (κ3) is 6.56. The van der Waals surface area contributed by atoms with Gasteiger partial charge in [-0.2, -0.15) is 0 Å². The maximum atomic E-state index is 15.1. The fourth-order valence-electron chi connectivity index (χ4n) is 10.7. The molecule has 0 aliphatic heterocycles. The highest BCUT2D eigenvalue weighted by atomic mass is 19.1. The van der Waals surface area contributed by atoms with Crippen molar-refractivity contribution in [2.45, 2.75) is 0 Å². The highest BCUT2D eigenvalue weighted by molar-refractivity contribution is 6.14. The van der Waals surface area contributed by atoms with Crippen LogP contribution < -0.4 is 0 Å². The maximum Gasteiger partial charge on any atom is 0.166 e. The Bertz CT molecular complexity index is 4080. The van der Waals surface area contributed by atoms with E-state index in [1.165, 1.54) is 33.7 Å². The molecule has 10 aromatic carbocycles. The summed E-state index contributed by atoms with van der Waals surface area (Å²) in [5, 5.41) is 6.78. The van der Waals surface area contributed by atoms with E-state index < -0.39 is 11.6 Å². The van der Waals surface area contributed by atoms with E-state index in [4.69, 9.17) is 15.0 Å². The molecule has 4 heterocycles. The molecule has 0 N–H and O–H groups in total. The molecule has 0 unspecified atom stereocenters. The van der Waals surface area contributed by atoms with E-state index in [9.17, 15) is 0 Å². The minimum atomic E-state index is -0.666. The van der Waals surface area contributed by atoms with Gasteiger partial charge < -0.3 is 13.7 Å². The largest absolute Gasteiger partial charge is 0.309 e. The zero-order valence-corrected chi connectivity index (χ0v) is 37.9. The highest BCUT2D eigenvalue weighted by Crippen LogP contribution is 2.42. The molecule has 0 saturated heterocycles. The van der Waals surface area contributed by atoms with Crippen molar-refractivity contribution in [2.24, 2.45) is 0 Å². The van der Waals surface area contributed by atoms with Crippen LogP contribution in [0.2, 0.25) is 0 Å². The first-order valence-corrected chi connectivity index (χ1v) is 23.6. The molecule has 0 aliphatic carbocycles. The Balaban J connectivity index is 1.11. The predicted molar refractivity (Wildman–Crippen MR) is 285 cm³/mol. The van der Waals surface area contributed by atoms with E-state index in [1.807, 2.05) is 78.9 Å². The van der Waals surface area contributed by atoms with Crippen molar-refractivity contribution in [3.05, 3.63) is 242 Å². The molecule has 14 rings (SSSR count). The zero-order chi connectivity index (χ0) is 47.2. The molecule has 0 radical (unpaired) electrons. The molecule has 0 amide bonds. The summed E-state index contributed by atoms with van der Waals surface area (Å²) in [4.78, 5) is 15.6. The predicted octanol–water partition coefficient (Wildman–Crippen LogP) is 16.1. The number of benzene rings is 10. The van der Waals surface area contributed by atoms with Gasteiger partial charge in [-0.25, -0.2) is 23.7 Å². The second-order valence-corrected chi connectivity index (χ2v) is 17.9. The van der Waals surface area contributed by atoms with Crippen molar-refractivity contribution < 1.29 is 8.78 Å². The van der Waals surface area contributed by atoms with Gasteiger partial charge in [-0.3, -0.25) is 0 Å². The van der Waals surface area contributed by atoms with Gasteiger partial charge in [0.1, 0.15) is 11.6 Å². The SMILES string of the molecule is Fc1cc(F)cc(-c2ccc(-n3c4cc(-n5c6ccccc6c6ccccc65)ccc4c4ccc(-n5c6ccccc6c6ccccc65)cc43)c(-c3nc(-c4ccccc4)nc(-c4ccccc4)n3)c2)c1. The summed E-state index contributed by atoms with van der Waals surface area (Å²) < 4.78 is 37.2. The van der Waals surface area contributed by atoms with Gasteiger partial charge in [-0.1, -0.05) is 152 Å². The van der Waals surface area contributed by atoms with Gasteiger partial charge in [-0.15, -0.1) is 0 Å². The van der Waals surface area contributed by atoms with Gasteiger partial charge >= 0.3 is 0 Å². The number of halogens is 2. The lowest BCUT2D eigenvalue weighted by molar-refractivity contribution is 0.584. The quantitative estimate of drug-likeness (QED) is 0.160. The molecule has 0 spiro atoms. The number of aromatic nitrogens is 6. The van der Waals surface area contributed by atoms with E-state index in [0.717, 1.165) is 78.1 Å². The van der Waals surface area contributed by atoms with Gasteiger partial charge in [0, 0.05) is 66.4 Å². The van der Waals surface area contributed by atoms with Crippen LogP contribution in [-0.4, -0.2) is 28.7 Å².